The molecule has 0 amide bonds. The normalized spacial score (nSPS) is 13.0. The first kappa shape index (κ1) is 13.4. The minimum atomic E-state index is -0.295. The quantitative estimate of drug-likeness (QED) is 0.496. The minimum absolute atomic E-state index is 0.251. The van der Waals surface area contributed by atoms with Crippen LogP contribution in [0.3, 0.4) is 0 Å². The predicted octanol–water partition coefficient (Wildman–Crippen LogP) is 6.28. The summed E-state index contributed by atoms with van der Waals surface area (Å²) in [5.74, 6) is -0.295. The topological polar surface area (TPSA) is 0 Å². The second kappa shape index (κ2) is 5.41. The molecule has 1 unspecified atom stereocenters. The van der Waals surface area contributed by atoms with Gasteiger partial charge >= 0.3 is 0 Å². The first-order valence-electron chi connectivity index (χ1n) is 5.69. The maximum atomic E-state index is 13.7. The van der Waals surface area contributed by atoms with Crippen LogP contribution < -0.4 is 0 Å². The number of rotatable bonds is 3. The SMILES string of the molecule is Fc1cccc(Cl)c1CC(Cl)c1cc2sccc2s1. The highest BCUT2D eigenvalue weighted by molar-refractivity contribution is 7.27. The summed E-state index contributed by atoms with van der Waals surface area (Å²) >= 11 is 15.8. The van der Waals surface area contributed by atoms with Crippen molar-refractivity contribution >= 4 is 55.3 Å². The van der Waals surface area contributed by atoms with E-state index in [1.54, 1.807) is 34.8 Å². The highest BCUT2D eigenvalue weighted by Crippen LogP contribution is 2.38. The van der Waals surface area contributed by atoms with Gasteiger partial charge < -0.3 is 0 Å². The van der Waals surface area contributed by atoms with Crippen LogP contribution in [0, 0.1) is 5.82 Å². The van der Waals surface area contributed by atoms with Crippen LogP contribution in [0.15, 0.2) is 35.7 Å². The average molecular weight is 331 g/mol. The molecule has 0 N–H and O–H groups in total. The number of thiophene rings is 2. The van der Waals surface area contributed by atoms with Crippen molar-refractivity contribution in [2.75, 3.05) is 0 Å². The molecule has 19 heavy (non-hydrogen) atoms. The van der Waals surface area contributed by atoms with Gasteiger partial charge in [-0.05, 0) is 36.1 Å². The van der Waals surface area contributed by atoms with Crippen molar-refractivity contribution in [1.82, 2.24) is 0 Å². The number of benzene rings is 1. The standard InChI is InChI=1S/C14H9Cl2FS2/c15-9-2-1-3-11(17)8(9)6-10(16)13-7-14-12(19-13)4-5-18-14/h1-5,7,10H,6H2. The van der Waals surface area contributed by atoms with Crippen molar-refractivity contribution in [3.63, 3.8) is 0 Å². The molecule has 0 aliphatic rings. The van der Waals surface area contributed by atoms with Gasteiger partial charge in [0.2, 0.25) is 0 Å². The van der Waals surface area contributed by atoms with Gasteiger partial charge in [0.15, 0.2) is 0 Å². The molecule has 3 rings (SSSR count). The Labute approximate surface area is 128 Å². The molecule has 0 spiro atoms. The second-order valence-electron chi connectivity index (χ2n) is 4.17. The van der Waals surface area contributed by atoms with Gasteiger partial charge in [0.25, 0.3) is 0 Å². The Hall–Kier alpha value is -0.610. The molecule has 0 radical (unpaired) electrons. The third-order valence-corrected chi connectivity index (χ3v) is 5.99. The van der Waals surface area contributed by atoms with Crippen molar-refractivity contribution in [3.8, 4) is 0 Å². The fourth-order valence-electron chi connectivity index (χ4n) is 1.95. The Morgan fingerprint density at radius 3 is 2.79 bits per heavy atom. The molecule has 0 fully saturated rings. The van der Waals surface area contributed by atoms with Crippen molar-refractivity contribution in [1.29, 1.82) is 0 Å². The molecule has 2 aromatic heterocycles. The first-order chi connectivity index (χ1) is 9.15. The van der Waals surface area contributed by atoms with Crippen LogP contribution in [-0.2, 0) is 6.42 Å². The highest BCUT2D eigenvalue weighted by atomic mass is 35.5. The molecule has 0 nitrogen and oxygen atoms in total. The summed E-state index contributed by atoms with van der Waals surface area (Å²) in [4.78, 5) is 1.06. The van der Waals surface area contributed by atoms with Gasteiger partial charge in [0.1, 0.15) is 5.82 Å². The molecular formula is C14H9Cl2FS2. The fraction of sp³-hybridized carbons (Fsp3) is 0.143. The lowest BCUT2D eigenvalue weighted by Crippen LogP contribution is -1.97. The van der Waals surface area contributed by atoms with E-state index >= 15 is 0 Å². The second-order valence-corrected chi connectivity index (χ2v) is 7.17. The van der Waals surface area contributed by atoms with E-state index in [1.165, 1.54) is 15.5 Å². The van der Waals surface area contributed by atoms with Gasteiger partial charge in [-0.2, -0.15) is 0 Å². The van der Waals surface area contributed by atoms with Crippen molar-refractivity contribution in [2.45, 2.75) is 11.8 Å². The van der Waals surface area contributed by atoms with Crippen molar-refractivity contribution in [2.24, 2.45) is 0 Å². The van der Waals surface area contributed by atoms with Gasteiger partial charge in [-0.3, -0.25) is 0 Å². The Kier molecular flexibility index (Phi) is 3.81. The van der Waals surface area contributed by atoms with Gasteiger partial charge in [-0.25, -0.2) is 4.39 Å². The van der Waals surface area contributed by atoms with E-state index in [2.05, 4.69) is 17.5 Å². The fourth-order valence-corrected chi connectivity index (χ4v) is 4.63. The molecular weight excluding hydrogens is 322 g/mol. The summed E-state index contributed by atoms with van der Waals surface area (Å²) < 4.78 is 16.2. The summed E-state index contributed by atoms with van der Waals surface area (Å²) in [6, 6.07) is 8.87. The zero-order valence-corrected chi connectivity index (χ0v) is 12.8. The molecule has 5 heteroatoms. The monoisotopic (exact) mass is 330 g/mol. The van der Waals surface area contributed by atoms with E-state index in [4.69, 9.17) is 23.2 Å². The summed E-state index contributed by atoms with van der Waals surface area (Å²) in [6.07, 6.45) is 0.404. The lowest BCUT2D eigenvalue weighted by atomic mass is 10.1. The molecule has 0 aliphatic carbocycles. The number of fused-ring (bicyclic) bond motifs is 1. The Bertz CT molecular complexity index is 668. The Balaban J connectivity index is 1.88. The maximum Gasteiger partial charge on any atom is 0.127 e. The van der Waals surface area contributed by atoms with Crippen LogP contribution in [0.4, 0.5) is 4.39 Å². The van der Waals surface area contributed by atoms with Crippen LogP contribution in [0.5, 0.6) is 0 Å². The highest BCUT2D eigenvalue weighted by Gasteiger charge is 2.17. The van der Waals surface area contributed by atoms with Crippen molar-refractivity contribution < 1.29 is 4.39 Å². The van der Waals surface area contributed by atoms with Crippen LogP contribution in [0.1, 0.15) is 15.8 Å². The molecule has 0 saturated heterocycles. The van der Waals surface area contributed by atoms with E-state index < -0.39 is 0 Å². The molecule has 98 valence electrons. The molecule has 0 bridgehead atoms. The number of hydrogen-bond donors (Lipinski definition) is 0. The molecule has 0 saturated carbocycles. The zero-order chi connectivity index (χ0) is 13.4. The first-order valence-corrected chi connectivity index (χ1v) is 8.20. The average Bonchev–Trinajstić information content (AvgIpc) is 2.94. The number of halogens is 3. The van der Waals surface area contributed by atoms with Crippen molar-refractivity contribution in [3.05, 3.63) is 57.0 Å². The van der Waals surface area contributed by atoms with E-state index in [0.717, 1.165) is 4.88 Å². The predicted molar refractivity (Wildman–Crippen MR) is 83.4 cm³/mol. The number of alkyl halides is 1. The molecule has 0 aliphatic heterocycles. The van der Waals surface area contributed by atoms with E-state index in [-0.39, 0.29) is 11.2 Å². The minimum Gasteiger partial charge on any atom is -0.207 e. The molecule has 1 atom stereocenters. The van der Waals surface area contributed by atoms with Gasteiger partial charge in [0, 0.05) is 24.9 Å². The van der Waals surface area contributed by atoms with Crippen LogP contribution in [0.25, 0.3) is 9.40 Å². The smallest absolute Gasteiger partial charge is 0.127 e. The summed E-state index contributed by atoms with van der Waals surface area (Å²) in [7, 11) is 0. The molecule has 2 heterocycles. The van der Waals surface area contributed by atoms with Gasteiger partial charge in [-0.15, -0.1) is 34.3 Å². The third kappa shape index (κ3) is 2.65. The van der Waals surface area contributed by atoms with Gasteiger partial charge in [-0.1, -0.05) is 17.7 Å². The summed E-state index contributed by atoms with van der Waals surface area (Å²) in [5, 5.41) is 2.24. The summed E-state index contributed by atoms with van der Waals surface area (Å²) in [6.45, 7) is 0. The lowest BCUT2D eigenvalue weighted by Gasteiger charge is -2.09. The third-order valence-electron chi connectivity index (χ3n) is 2.91. The van der Waals surface area contributed by atoms with Gasteiger partial charge in [0.05, 0.1) is 5.38 Å². The summed E-state index contributed by atoms with van der Waals surface area (Å²) in [5.41, 5.74) is 0.487. The largest absolute Gasteiger partial charge is 0.207 e. The van der Waals surface area contributed by atoms with Crippen LogP contribution in [-0.4, -0.2) is 0 Å². The van der Waals surface area contributed by atoms with E-state index in [1.807, 2.05) is 0 Å². The lowest BCUT2D eigenvalue weighted by molar-refractivity contribution is 0.608. The van der Waals surface area contributed by atoms with Crippen LogP contribution in [0.2, 0.25) is 5.02 Å². The zero-order valence-electron chi connectivity index (χ0n) is 9.70. The molecule has 1 aromatic carbocycles. The Morgan fingerprint density at radius 2 is 2.05 bits per heavy atom. The van der Waals surface area contributed by atoms with Crippen LogP contribution >= 0.6 is 45.9 Å². The van der Waals surface area contributed by atoms with E-state index in [9.17, 15) is 4.39 Å². The molecule has 3 aromatic rings. The number of hydrogen-bond acceptors (Lipinski definition) is 2. The van der Waals surface area contributed by atoms with E-state index in [0.29, 0.717) is 17.0 Å². The maximum absolute atomic E-state index is 13.7. The Morgan fingerprint density at radius 1 is 1.21 bits per heavy atom.